The molecule has 0 radical (unpaired) electrons. The Kier molecular flexibility index (Phi) is 9.15. The summed E-state index contributed by atoms with van der Waals surface area (Å²) < 4.78 is 18.6. The second kappa shape index (κ2) is 12.5. The Balaban J connectivity index is 1.67. The standard InChI is InChI=1S/C30H36N6O7/c1-17(2)27(39)35-26-19-11-12-21(36(19)34-16-33-26)30(15-31)25(38)23(42-28(40)24(32)29(3,4)5)20(43-30)14-41-22(37)13-18-9-7-6-8-10-18/h6-12,16-17,20,23-25,38H,13-14,32H2,1-5H3,(H,33,34,35,39)/t20-,23-,24?,25-,30+/m1/s1. The van der Waals surface area contributed by atoms with Gasteiger partial charge in [-0.3, -0.25) is 14.4 Å². The van der Waals surface area contributed by atoms with E-state index in [1.807, 2.05) is 12.1 Å². The highest BCUT2D eigenvalue weighted by Crippen LogP contribution is 2.42. The number of aromatic nitrogens is 3. The summed E-state index contributed by atoms with van der Waals surface area (Å²) in [5, 5.41) is 29.0. The van der Waals surface area contributed by atoms with Gasteiger partial charge in [0.25, 0.3) is 0 Å². The molecule has 43 heavy (non-hydrogen) atoms. The quantitative estimate of drug-likeness (QED) is 0.307. The first-order valence-electron chi connectivity index (χ1n) is 13.8. The zero-order valence-corrected chi connectivity index (χ0v) is 24.7. The first-order chi connectivity index (χ1) is 20.3. The van der Waals surface area contributed by atoms with Crippen molar-refractivity contribution in [2.45, 2.75) is 71.0 Å². The molecule has 4 N–H and O–H groups in total. The van der Waals surface area contributed by atoms with E-state index in [9.17, 15) is 24.8 Å². The first kappa shape index (κ1) is 31.6. The molecule has 228 valence electrons. The number of ether oxygens (including phenoxy) is 3. The number of hydrogen-bond donors (Lipinski definition) is 3. The van der Waals surface area contributed by atoms with Crippen molar-refractivity contribution in [2.24, 2.45) is 17.1 Å². The van der Waals surface area contributed by atoms with Gasteiger partial charge in [-0.1, -0.05) is 65.0 Å². The Hall–Kier alpha value is -4.38. The van der Waals surface area contributed by atoms with Crippen LogP contribution in [0.15, 0.2) is 48.8 Å². The van der Waals surface area contributed by atoms with Crippen LogP contribution in [0.1, 0.15) is 45.9 Å². The summed E-state index contributed by atoms with van der Waals surface area (Å²) >= 11 is 0. The summed E-state index contributed by atoms with van der Waals surface area (Å²) in [6.45, 7) is 8.29. The van der Waals surface area contributed by atoms with Gasteiger partial charge in [0.05, 0.1) is 12.1 Å². The number of carbonyl (C=O) groups is 3. The lowest BCUT2D eigenvalue weighted by molar-refractivity contribution is -0.163. The maximum Gasteiger partial charge on any atom is 0.323 e. The zero-order valence-electron chi connectivity index (χ0n) is 24.7. The maximum atomic E-state index is 13.0. The lowest BCUT2D eigenvalue weighted by atomic mass is 9.87. The molecule has 3 heterocycles. The van der Waals surface area contributed by atoms with Gasteiger partial charge < -0.3 is 30.4 Å². The fraction of sp³-hybridized carbons (Fsp3) is 0.467. The molecule has 1 fully saturated rings. The number of nitrogens with two attached hydrogens (primary N) is 1. The van der Waals surface area contributed by atoms with E-state index in [0.717, 1.165) is 5.56 Å². The number of amides is 1. The number of nitrogens with zero attached hydrogens (tertiary/aromatic N) is 4. The van der Waals surface area contributed by atoms with E-state index in [2.05, 4.69) is 15.4 Å². The van der Waals surface area contributed by atoms with E-state index < -0.39 is 53.9 Å². The number of aliphatic hydroxyl groups is 1. The summed E-state index contributed by atoms with van der Waals surface area (Å²) in [4.78, 5) is 42.2. The van der Waals surface area contributed by atoms with Crippen LogP contribution in [0.5, 0.6) is 0 Å². The molecule has 0 saturated carbocycles. The average molecular weight is 593 g/mol. The van der Waals surface area contributed by atoms with Gasteiger partial charge in [0.2, 0.25) is 11.5 Å². The number of hydrogen-bond acceptors (Lipinski definition) is 11. The summed E-state index contributed by atoms with van der Waals surface area (Å²) in [6, 6.07) is 13.0. The van der Waals surface area contributed by atoms with Gasteiger partial charge in [0, 0.05) is 5.92 Å². The Morgan fingerprint density at radius 2 is 1.91 bits per heavy atom. The number of fused-ring (bicyclic) bond motifs is 1. The summed E-state index contributed by atoms with van der Waals surface area (Å²) in [6.07, 6.45) is -3.25. The van der Waals surface area contributed by atoms with Gasteiger partial charge >= 0.3 is 11.9 Å². The van der Waals surface area contributed by atoms with Gasteiger partial charge in [-0.05, 0) is 23.1 Å². The highest BCUT2D eigenvalue weighted by atomic mass is 16.6. The monoisotopic (exact) mass is 592 g/mol. The Morgan fingerprint density at radius 1 is 1.21 bits per heavy atom. The number of anilines is 1. The van der Waals surface area contributed by atoms with Crippen molar-refractivity contribution in [3.05, 3.63) is 60.0 Å². The highest BCUT2D eigenvalue weighted by molar-refractivity contribution is 5.94. The summed E-state index contributed by atoms with van der Waals surface area (Å²) in [5.74, 6) is -1.83. The number of esters is 2. The molecule has 1 unspecified atom stereocenters. The van der Waals surface area contributed by atoms with Crippen molar-refractivity contribution in [2.75, 3.05) is 11.9 Å². The van der Waals surface area contributed by atoms with Gasteiger partial charge in [-0.15, -0.1) is 0 Å². The van der Waals surface area contributed by atoms with E-state index in [1.54, 1.807) is 65.0 Å². The number of carbonyl (C=O) groups excluding carboxylic acids is 3. The van der Waals surface area contributed by atoms with Crippen LogP contribution >= 0.6 is 0 Å². The van der Waals surface area contributed by atoms with Crippen LogP contribution in [0.3, 0.4) is 0 Å². The Morgan fingerprint density at radius 3 is 2.53 bits per heavy atom. The predicted molar refractivity (Wildman–Crippen MR) is 153 cm³/mol. The molecule has 0 spiro atoms. The largest absolute Gasteiger partial charge is 0.463 e. The molecule has 1 aromatic carbocycles. The number of nitriles is 1. The average Bonchev–Trinajstić information content (AvgIpc) is 3.51. The lowest BCUT2D eigenvalue weighted by Gasteiger charge is -2.29. The second-order valence-corrected chi connectivity index (χ2v) is 11.8. The summed E-state index contributed by atoms with van der Waals surface area (Å²) in [7, 11) is 0. The van der Waals surface area contributed by atoms with Crippen LogP contribution in [0.25, 0.3) is 5.52 Å². The molecule has 1 amide bonds. The molecular weight excluding hydrogens is 556 g/mol. The third-order valence-electron chi connectivity index (χ3n) is 7.24. The lowest BCUT2D eigenvalue weighted by Crippen LogP contribution is -2.49. The molecule has 1 aliphatic rings. The van der Waals surface area contributed by atoms with Crippen LogP contribution < -0.4 is 11.1 Å². The van der Waals surface area contributed by atoms with Gasteiger partial charge in [0.15, 0.2) is 11.9 Å². The highest BCUT2D eigenvalue weighted by Gasteiger charge is 2.60. The minimum absolute atomic E-state index is 0.0238. The predicted octanol–water partition coefficient (Wildman–Crippen LogP) is 1.87. The van der Waals surface area contributed by atoms with Crippen LogP contribution in [0, 0.1) is 22.7 Å². The molecule has 13 heteroatoms. The van der Waals surface area contributed by atoms with E-state index in [-0.39, 0.29) is 29.8 Å². The van der Waals surface area contributed by atoms with Crippen molar-refractivity contribution in [1.82, 2.24) is 14.6 Å². The molecule has 2 aromatic heterocycles. The van der Waals surface area contributed by atoms with Crippen LogP contribution in [0.4, 0.5) is 5.82 Å². The molecule has 1 aliphatic heterocycles. The SMILES string of the molecule is CC(C)C(=O)Nc1ncnn2c([C@]3(C#N)O[C@H](COC(=O)Cc4ccccc4)[C@@H](OC(=O)C(N)C(C)(C)C)[C@H]3O)ccc12. The Bertz CT molecular complexity index is 1530. The van der Waals surface area contributed by atoms with Crippen molar-refractivity contribution in [3.63, 3.8) is 0 Å². The molecule has 5 atom stereocenters. The van der Waals surface area contributed by atoms with Gasteiger partial charge in [-0.2, -0.15) is 10.4 Å². The first-order valence-corrected chi connectivity index (χ1v) is 13.8. The van der Waals surface area contributed by atoms with E-state index >= 15 is 0 Å². The molecule has 13 nitrogen and oxygen atoms in total. The maximum absolute atomic E-state index is 13.0. The third-order valence-corrected chi connectivity index (χ3v) is 7.24. The van der Waals surface area contributed by atoms with E-state index in [4.69, 9.17) is 19.9 Å². The van der Waals surface area contributed by atoms with Crippen molar-refractivity contribution < 1.29 is 33.7 Å². The van der Waals surface area contributed by atoms with Crippen LogP contribution in [-0.4, -0.2) is 68.5 Å². The minimum atomic E-state index is -2.12. The van der Waals surface area contributed by atoms with Crippen molar-refractivity contribution >= 4 is 29.2 Å². The smallest absolute Gasteiger partial charge is 0.323 e. The molecular formula is C30H36N6O7. The number of benzene rings is 1. The fourth-order valence-electron chi connectivity index (χ4n) is 4.56. The molecule has 4 rings (SSSR count). The fourth-order valence-corrected chi connectivity index (χ4v) is 4.56. The number of rotatable bonds is 9. The van der Waals surface area contributed by atoms with E-state index in [1.165, 1.54) is 16.9 Å². The topological polar surface area (TPSA) is 191 Å². The normalized spacial score (nSPS) is 22.6. The zero-order chi connectivity index (χ0) is 31.5. The number of aliphatic hydroxyl groups excluding tert-OH is 1. The van der Waals surface area contributed by atoms with Gasteiger partial charge in [0.1, 0.15) is 42.8 Å². The second-order valence-electron chi connectivity index (χ2n) is 11.8. The number of nitrogens with one attached hydrogen (secondary N) is 1. The molecule has 3 aromatic rings. The minimum Gasteiger partial charge on any atom is -0.463 e. The Labute approximate surface area is 248 Å². The molecule has 1 saturated heterocycles. The molecule has 0 aliphatic carbocycles. The van der Waals surface area contributed by atoms with E-state index in [0.29, 0.717) is 5.52 Å². The van der Waals surface area contributed by atoms with Crippen molar-refractivity contribution in [1.29, 1.82) is 5.26 Å². The van der Waals surface area contributed by atoms with Crippen LogP contribution in [-0.2, 0) is 40.6 Å². The third kappa shape index (κ3) is 6.51. The summed E-state index contributed by atoms with van der Waals surface area (Å²) in [5.41, 5.74) is 4.47. The van der Waals surface area contributed by atoms with Gasteiger partial charge in [-0.25, -0.2) is 9.50 Å². The van der Waals surface area contributed by atoms with Crippen molar-refractivity contribution in [3.8, 4) is 6.07 Å². The molecule has 0 bridgehead atoms. The van der Waals surface area contributed by atoms with Crippen LogP contribution in [0.2, 0.25) is 0 Å².